The number of rotatable bonds is 3. The Morgan fingerprint density at radius 3 is 2.71 bits per heavy atom. The van der Waals surface area contributed by atoms with Gasteiger partial charge in [-0.15, -0.1) is 0 Å². The Bertz CT molecular complexity index is 562. The molecule has 21 heavy (non-hydrogen) atoms. The normalized spacial score (nSPS) is 22.4. The molecule has 1 aliphatic rings. The molecule has 0 spiro atoms. The molecule has 0 aromatic heterocycles. The van der Waals surface area contributed by atoms with Crippen molar-refractivity contribution in [3.8, 4) is 0 Å². The number of carboxylic acids is 1. The second kappa shape index (κ2) is 5.79. The van der Waals surface area contributed by atoms with Crippen molar-refractivity contribution in [1.29, 1.82) is 0 Å². The first-order valence-corrected chi connectivity index (χ1v) is 6.74. The Labute approximate surface area is 121 Å². The van der Waals surface area contributed by atoms with Gasteiger partial charge in [-0.05, 0) is 31.9 Å². The number of amides is 1. The molecule has 1 N–H and O–H groups in total. The Kier molecular flexibility index (Phi) is 4.25. The molecule has 2 rings (SSSR count). The third-order valence-electron chi connectivity index (χ3n) is 3.89. The van der Waals surface area contributed by atoms with Crippen LogP contribution in [0.15, 0.2) is 24.3 Å². The molecule has 1 aliphatic heterocycles. The predicted molar refractivity (Wildman–Crippen MR) is 72.3 cm³/mol. The standard InChI is InChI=1S/C15H17F2NO3/c1-15(14(20)21)6-3-7-18(9-15)13(19)11-5-2-4-10(8-11)12(16)17/h2,4-5,8,12H,3,6-7,9H2,1H3,(H,20,21). The van der Waals surface area contributed by atoms with Crippen molar-refractivity contribution in [2.24, 2.45) is 5.41 Å². The van der Waals surface area contributed by atoms with Gasteiger partial charge >= 0.3 is 5.97 Å². The van der Waals surface area contributed by atoms with E-state index in [9.17, 15) is 23.5 Å². The number of carboxylic acid groups (broad SMARTS) is 1. The number of carbonyl (C=O) groups is 2. The lowest BCUT2D eigenvalue weighted by atomic mass is 9.82. The summed E-state index contributed by atoms with van der Waals surface area (Å²) in [5, 5.41) is 9.25. The largest absolute Gasteiger partial charge is 0.481 e. The van der Waals surface area contributed by atoms with Gasteiger partial charge in [-0.2, -0.15) is 0 Å². The van der Waals surface area contributed by atoms with Crippen LogP contribution in [-0.4, -0.2) is 35.0 Å². The van der Waals surface area contributed by atoms with Gasteiger partial charge in [0.2, 0.25) is 0 Å². The highest BCUT2D eigenvalue weighted by molar-refractivity contribution is 5.95. The molecule has 1 aromatic rings. The third kappa shape index (κ3) is 3.20. The molecule has 1 saturated heterocycles. The SMILES string of the molecule is CC1(C(=O)O)CCCN(C(=O)c2cccc(C(F)F)c2)C1. The molecule has 1 atom stereocenters. The first-order chi connectivity index (χ1) is 9.83. The van der Waals surface area contributed by atoms with Crippen LogP contribution in [0.3, 0.4) is 0 Å². The highest BCUT2D eigenvalue weighted by Crippen LogP contribution is 2.30. The lowest BCUT2D eigenvalue weighted by Gasteiger charge is -2.37. The number of aliphatic carboxylic acids is 1. The molecule has 1 heterocycles. The fourth-order valence-electron chi connectivity index (χ4n) is 2.58. The first kappa shape index (κ1) is 15.4. The fourth-order valence-corrected chi connectivity index (χ4v) is 2.58. The lowest BCUT2D eigenvalue weighted by molar-refractivity contribution is -0.150. The maximum absolute atomic E-state index is 12.7. The van der Waals surface area contributed by atoms with Gasteiger partial charge in [0.05, 0.1) is 5.41 Å². The van der Waals surface area contributed by atoms with E-state index >= 15 is 0 Å². The maximum Gasteiger partial charge on any atom is 0.311 e. The van der Waals surface area contributed by atoms with E-state index in [1.807, 2.05) is 0 Å². The number of hydrogen-bond donors (Lipinski definition) is 1. The number of halogens is 2. The summed E-state index contributed by atoms with van der Waals surface area (Å²) in [5.74, 6) is -1.34. The summed E-state index contributed by atoms with van der Waals surface area (Å²) in [5.41, 5.74) is -1.02. The van der Waals surface area contributed by atoms with Crippen LogP contribution >= 0.6 is 0 Å². The molecule has 1 unspecified atom stereocenters. The Balaban J connectivity index is 2.20. The Hall–Kier alpha value is -1.98. The highest BCUT2D eigenvalue weighted by atomic mass is 19.3. The zero-order valence-electron chi connectivity index (χ0n) is 11.7. The molecule has 0 saturated carbocycles. The van der Waals surface area contributed by atoms with Crippen LogP contribution in [0.25, 0.3) is 0 Å². The number of alkyl halides is 2. The smallest absolute Gasteiger partial charge is 0.311 e. The van der Waals surface area contributed by atoms with Gasteiger partial charge in [0, 0.05) is 24.2 Å². The average Bonchev–Trinajstić information content (AvgIpc) is 2.46. The molecule has 0 bridgehead atoms. The van der Waals surface area contributed by atoms with Crippen molar-refractivity contribution >= 4 is 11.9 Å². The minimum absolute atomic E-state index is 0.0973. The Morgan fingerprint density at radius 2 is 2.10 bits per heavy atom. The van der Waals surface area contributed by atoms with E-state index in [1.54, 1.807) is 6.92 Å². The number of piperidine rings is 1. The topological polar surface area (TPSA) is 57.6 Å². The van der Waals surface area contributed by atoms with Gasteiger partial charge in [-0.25, -0.2) is 8.78 Å². The summed E-state index contributed by atoms with van der Waals surface area (Å²) in [6, 6.07) is 5.31. The van der Waals surface area contributed by atoms with Crippen molar-refractivity contribution < 1.29 is 23.5 Å². The number of benzene rings is 1. The summed E-state index contributed by atoms with van der Waals surface area (Å²) in [6.07, 6.45) is -1.55. The van der Waals surface area contributed by atoms with Gasteiger partial charge in [0.1, 0.15) is 0 Å². The van der Waals surface area contributed by atoms with Crippen LogP contribution in [0, 0.1) is 5.41 Å². The van der Waals surface area contributed by atoms with E-state index in [0.29, 0.717) is 19.4 Å². The van der Waals surface area contributed by atoms with Crippen molar-refractivity contribution in [2.75, 3.05) is 13.1 Å². The monoisotopic (exact) mass is 297 g/mol. The van der Waals surface area contributed by atoms with Crippen LogP contribution in [0.4, 0.5) is 8.78 Å². The fraction of sp³-hybridized carbons (Fsp3) is 0.467. The molecule has 114 valence electrons. The third-order valence-corrected chi connectivity index (χ3v) is 3.89. The number of carbonyl (C=O) groups excluding carboxylic acids is 1. The van der Waals surface area contributed by atoms with Gasteiger partial charge in [-0.1, -0.05) is 12.1 Å². The van der Waals surface area contributed by atoms with E-state index in [-0.39, 0.29) is 17.7 Å². The molecule has 1 aromatic carbocycles. The van der Waals surface area contributed by atoms with Gasteiger partial charge in [0.25, 0.3) is 12.3 Å². The molecule has 1 fully saturated rings. The quantitative estimate of drug-likeness (QED) is 0.933. The summed E-state index contributed by atoms with van der Waals surface area (Å²) in [7, 11) is 0. The zero-order chi connectivity index (χ0) is 15.6. The molecule has 4 nitrogen and oxygen atoms in total. The summed E-state index contributed by atoms with van der Waals surface area (Å²) in [4.78, 5) is 25.1. The van der Waals surface area contributed by atoms with E-state index in [1.165, 1.54) is 29.2 Å². The van der Waals surface area contributed by atoms with Crippen molar-refractivity contribution in [1.82, 2.24) is 4.90 Å². The van der Waals surface area contributed by atoms with Crippen molar-refractivity contribution in [3.05, 3.63) is 35.4 Å². The lowest BCUT2D eigenvalue weighted by Crippen LogP contribution is -2.48. The molecule has 1 amide bonds. The van der Waals surface area contributed by atoms with E-state index in [0.717, 1.165) is 0 Å². The van der Waals surface area contributed by atoms with Crippen LogP contribution in [0.2, 0.25) is 0 Å². The number of likely N-dealkylation sites (tertiary alicyclic amines) is 1. The first-order valence-electron chi connectivity index (χ1n) is 6.74. The summed E-state index contributed by atoms with van der Waals surface area (Å²) < 4.78 is 25.4. The summed E-state index contributed by atoms with van der Waals surface area (Å²) in [6.45, 7) is 2.14. The van der Waals surface area contributed by atoms with E-state index in [2.05, 4.69) is 0 Å². The molecule has 6 heteroatoms. The number of hydrogen-bond acceptors (Lipinski definition) is 2. The molecule has 0 aliphatic carbocycles. The van der Waals surface area contributed by atoms with Crippen LogP contribution < -0.4 is 0 Å². The zero-order valence-corrected chi connectivity index (χ0v) is 11.7. The summed E-state index contributed by atoms with van der Waals surface area (Å²) >= 11 is 0. The van der Waals surface area contributed by atoms with Crippen molar-refractivity contribution in [2.45, 2.75) is 26.2 Å². The van der Waals surface area contributed by atoms with Crippen LogP contribution in [0.1, 0.15) is 42.1 Å². The van der Waals surface area contributed by atoms with E-state index < -0.39 is 23.7 Å². The maximum atomic E-state index is 12.7. The molecular formula is C15H17F2NO3. The molecular weight excluding hydrogens is 280 g/mol. The second-order valence-electron chi connectivity index (χ2n) is 5.62. The Morgan fingerprint density at radius 1 is 1.38 bits per heavy atom. The van der Waals surface area contributed by atoms with Crippen molar-refractivity contribution in [3.63, 3.8) is 0 Å². The number of nitrogens with zero attached hydrogens (tertiary/aromatic N) is 1. The van der Waals surface area contributed by atoms with Gasteiger partial charge < -0.3 is 10.0 Å². The second-order valence-corrected chi connectivity index (χ2v) is 5.62. The van der Waals surface area contributed by atoms with Crippen LogP contribution in [-0.2, 0) is 4.79 Å². The minimum Gasteiger partial charge on any atom is -0.481 e. The van der Waals surface area contributed by atoms with Gasteiger partial charge in [0.15, 0.2) is 0 Å². The van der Waals surface area contributed by atoms with E-state index in [4.69, 9.17) is 0 Å². The average molecular weight is 297 g/mol. The minimum atomic E-state index is -2.64. The predicted octanol–water partition coefficient (Wildman–Crippen LogP) is 2.95. The van der Waals surface area contributed by atoms with Crippen LogP contribution in [0.5, 0.6) is 0 Å². The molecule has 0 radical (unpaired) electrons. The van der Waals surface area contributed by atoms with Gasteiger partial charge in [-0.3, -0.25) is 9.59 Å². The highest BCUT2D eigenvalue weighted by Gasteiger charge is 2.39.